The Morgan fingerprint density at radius 1 is 1.03 bits per heavy atom. The van der Waals surface area contributed by atoms with Crippen molar-refractivity contribution < 1.29 is 18.7 Å². The minimum atomic E-state index is -0.369. The number of ether oxygens (including phenoxy) is 1. The molecule has 1 aliphatic rings. The van der Waals surface area contributed by atoms with Crippen LogP contribution in [0.5, 0.6) is 0 Å². The van der Waals surface area contributed by atoms with Crippen molar-refractivity contribution in [2.24, 2.45) is 0 Å². The number of amides is 2. The molecule has 9 heteroatoms. The molecule has 2 amide bonds. The number of hydrogen-bond donors (Lipinski definition) is 0. The fraction of sp³-hybridized carbons (Fsp3) is 0.280. The van der Waals surface area contributed by atoms with E-state index in [9.17, 15) is 9.59 Å². The molecule has 9 nitrogen and oxygen atoms in total. The van der Waals surface area contributed by atoms with Crippen molar-refractivity contribution in [2.45, 2.75) is 13.0 Å². The van der Waals surface area contributed by atoms with Crippen LogP contribution in [-0.4, -0.2) is 69.9 Å². The molecule has 1 aromatic carbocycles. The number of nitrogens with zero attached hydrogens (tertiary/aromatic N) is 5. The highest BCUT2D eigenvalue weighted by Gasteiger charge is 2.26. The lowest BCUT2D eigenvalue weighted by atomic mass is 10.1. The van der Waals surface area contributed by atoms with Crippen molar-refractivity contribution in [1.82, 2.24) is 24.6 Å². The van der Waals surface area contributed by atoms with E-state index in [1.807, 2.05) is 48.5 Å². The molecule has 0 unspecified atom stereocenters. The van der Waals surface area contributed by atoms with Crippen LogP contribution in [0, 0.1) is 0 Å². The Hall–Kier alpha value is -4.14. The highest BCUT2D eigenvalue weighted by atomic mass is 16.5. The summed E-state index contributed by atoms with van der Waals surface area (Å²) in [5.74, 6) is 0.647. The summed E-state index contributed by atoms with van der Waals surface area (Å²) >= 11 is 0. The van der Waals surface area contributed by atoms with E-state index >= 15 is 0 Å². The Balaban J connectivity index is 1.53. The first-order valence-corrected chi connectivity index (χ1v) is 11.2. The lowest BCUT2D eigenvalue weighted by Crippen LogP contribution is -2.37. The minimum Gasteiger partial charge on any atom is -0.467 e. The first-order valence-electron chi connectivity index (χ1n) is 11.2. The van der Waals surface area contributed by atoms with Gasteiger partial charge in [0, 0.05) is 31.7 Å². The van der Waals surface area contributed by atoms with E-state index in [1.165, 1.54) is 7.11 Å². The predicted molar refractivity (Wildman–Crippen MR) is 125 cm³/mol. The predicted octanol–water partition coefficient (Wildman–Crippen LogP) is 3.65. The van der Waals surface area contributed by atoms with E-state index in [4.69, 9.17) is 14.1 Å². The Morgan fingerprint density at radius 3 is 2.59 bits per heavy atom. The Bertz CT molecular complexity index is 1300. The SMILES string of the molecule is COC(=O)N1CCCN(C(=O)c2cc(-c3ccccc3)nc3c2cnn3Cc2ccco2)CC1. The topological polar surface area (TPSA) is 93.7 Å². The van der Waals surface area contributed by atoms with Gasteiger partial charge < -0.3 is 19.0 Å². The standard InChI is InChI=1S/C25H25N5O4/c1-33-25(32)29-11-6-10-28(12-13-29)24(31)20-15-22(18-7-3-2-4-8-18)27-23-21(20)16-26-30(23)17-19-9-5-14-34-19/h2-5,7-9,14-16H,6,10-13,17H2,1H3. The van der Waals surface area contributed by atoms with Gasteiger partial charge in [-0.2, -0.15) is 5.10 Å². The second-order valence-electron chi connectivity index (χ2n) is 8.14. The summed E-state index contributed by atoms with van der Waals surface area (Å²) in [7, 11) is 1.37. The molecule has 5 rings (SSSR count). The third-order valence-electron chi connectivity index (χ3n) is 6.01. The third kappa shape index (κ3) is 4.24. The lowest BCUT2D eigenvalue weighted by molar-refractivity contribution is 0.0759. The molecule has 4 aromatic rings. The van der Waals surface area contributed by atoms with E-state index < -0.39 is 0 Å². The number of fused-ring (bicyclic) bond motifs is 1. The highest BCUT2D eigenvalue weighted by Crippen LogP contribution is 2.27. The van der Waals surface area contributed by atoms with Crippen LogP contribution in [0.25, 0.3) is 22.3 Å². The van der Waals surface area contributed by atoms with Crippen molar-refractivity contribution in [3.8, 4) is 11.3 Å². The second-order valence-corrected chi connectivity index (χ2v) is 8.14. The molecule has 0 bridgehead atoms. The van der Waals surface area contributed by atoms with Gasteiger partial charge in [-0.15, -0.1) is 0 Å². The van der Waals surface area contributed by atoms with Gasteiger partial charge in [0.25, 0.3) is 5.91 Å². The van der Waals surface area contributed by atoms with Gasteiger partial charge >= 0.3 is 6.09 Å². The molecule has 0 N–H and O–H groups in total. The maximum absolute atomic E-state index is 13.7. The van der Waals surface area contributed by atoms with E-state index in [0.29, 0.717) is 61.4 Å². The normalized spacial score (nSPS) is 14.3. The number of pyridine rings is 1. The molecule has 34 heavy (non-hydrogen) atoms. The van der Waals surface area contributed by atoms with Crippen LogP contribution in [0.3, 0.4) is 0 Å². The van der Waals surface area contributed by atoms with Gasteiger partial charge in [-0.1, -0.05) is 30.3 Å². The number of carbonyl (C=O) groups excluding carboxylic acids is 2. The summed E-state index contributed by atoms with van der Waals surface area (Å²) < 4.78 is 12.1. The summed E-state index contributed by atoms with van der Waals surface area (Å²) in [5.41, 5.74) is 2.77. The third-order valence-corrected chi connectivity index (χ3v) is 6.01. The Kier molecular flexibility index (Phi) is 5.99. The average Bonchev–Trinajstić information content (AvgIpc) is 3.47. The second kappa shape index (κ2) is 9.38. The molecule has 4 heterocycles. The van der Waals surface area contributed by atoms with Crippen molar-refractivity contribution in [2.75, 3.05) is 33.3 Å². The largest absolute Gasteiger partial charge is 0.467 e. The summed E-state index contributed by atoms with van der Waals surface area (Å²) in [6, 6.07) is 15.3. The van der Waals surface area contributed by atoms with Crippen LogP contribution in [0.4, 0.5) is 4.79 Å². The van der Waals surface area contributed by atoms with Gasteiger partial charge in [0.05, 0.1) is 36.2 Å². The molecule has 1 fully saturated rings. The zero-order chi connectivity index (χ0) is 23.5. The van der Waals surface area contributed by atoms with Crippen LogP contribution in [-0.2, 0) is 11.3 Å². The van der Waals surface area contributed by atoms with Gasteiger partial charge in [-0.05, 0) is 24.6 Å². The fourth-order valence-electron chi connectivity index (χ4n) is 4.25. The van der Waals surface area contributed by atoms with E-state index in [1.54, 1.807) is 26.9 Å². The molecule has 1 saturated heterocycles. The molecule has 0 atom stereocenters. The fourth-order valence-corrected chi connectivity index (χ4v) is 4.25. The molecule has 0 spiro atoms. The van der Waals surface area contributed by atoms with Crippen LogP contribution in [0.2, 0.25) is 0 Å². The summed E-state index contributed by atoms with van der Waals surface area (Å²) in [6.45, 7) is 2.37. The van der Waals surface area contributed by atoms with Crippen LogP contribution < -0.4 is 0 Å². The Labute approximate surface area is 196 Å². The maximum Gasteiger partial charge on any atom is 0.409 e. The molecule has 0 radical (unpaired) electrons. The Morgan fingerprint density at radius 2 is 1.82 bits per heavy atom. The van der Waals surface area contributed by atoms with Crippen LogP contribution in [0.15, 0.2) is 65.4 Å². The number of hydrogen-bond acceptors (Lipinski definition) is 6. The van der Waals surface area contributed by atoms with Crippen molar-refractivity contribution in [3.63, 3.8) is 0 Å². The average molecular weight is 460 g/mol. The van der Waals surface area contributed by atoms with Gasteiger partial charge in [-0.3, -0.25) is 4.79 Å². The van der Waals surface area contributed by atoms with Crippen molar-refractivity contribution in [1.29, 1.82) is 0 Å². The number of benzene rings is 1. The van der Waals surface area contributed by atoms with Crippen LogP contribution >= 0.6 is 0 Å². The lowest BCUT2D eigenvalue weighted by Gasteiger charge is -2.22. The number of methoxy groups -OCH3 is 1. The molecule has 0 aliphatic carbocycles. The van der Waals surface area contributed by atoms with E-state index in [0.717, 1.165) is 11.3 Å². The number of furan rings is 1. The zero-order valence-electron chi connectivity index (χ0n) is 18.9. The monoisotopic (exact) mass is 459 g/mol. The van der Waals surface area contributed by atoms with Gasteiger partial charge in [-0.25, -0.2) is 14.5 Å². The molecule has 174 valence electrons. The van der Waals surface area contributed by atoms with E-state index in [-0.39, 0.29) is 12.0 Å². The molecular formula is C25H25N5O4. The van der Waals surface area contributed by atoms with E-state index in [2.05, 4.69) is 5.10 Å². The molecule has 0 saturated carbocycles. The van der Waals surface area contributed by atoms with Gasteiger partial charge in [0.15, 0.2) is 5.65 Å². The highest BCUT2D eigenvalue weighted by molar-refractivity contribution is 6.06. The molecular weight excluding hydrogens is 434 g/mol. The molecule has 3 aromatic heterocycles. The maximum atomic E-state index is 13.7. The number of carbonyl (C=O) groups is 2. The van der Waals surface area contributed by atoms with Crippen molar-refractivity contribution in [3.05, 3.63) is 72.3 Å². The van der Waals surface area contributed by atoms with Crippen molar-refractivity contribution >= 4 is 23.0 Å². The first-order chi connectivity index (χ1) is 16.6. The first kappa shape index (κ1) is 21.7. The number of aromatic nitrogens is 3. The van der Waals surface area contributed by atoms with Gasteiger partial charge in [0.1, 0.15) is 12.3 Å². The smallest absolute Gasteiger partial charge is 0.409 e. The zero-order valence-corrected chi connectivity index (χ0v) is 18.9. The van der Waals surface area contributed by atoms with Crippen LogP contribution in [0.1, 0.15) is 22.5 Å². The minimum absolute atomic E-state index is 0.103. The summed E-state index contributed by atoms with van der Waals surface area (Å²) in [6.07, 6.45) is 3.62. The summed E-state index contributed by atoms with van der Waals surface area (Å²) in [4.78, 5) is 34.0. The van der Waals surface area contributed by atoms with Gasteiger partial charge in [0.2, 0.25) is 0 Å². The molecule has 1 aliphatic heterocycles. The summed E-state index contributed by atoms with van der Waals surface area (Å²) in [5, 5.41) is 5.20. The number of rotatable bonds is 4. The quantitative estimate of drug-likeness (QED) is 0.462.